The average molecular weight is 686 g/mol. The Labute approximate surface area is 292 Å². The zero-order valence-electron chi connectivity index (χ0n) is 27.4. The van der Waals surface area contributed by atoms with E-state index < -0.39 is 77.3 Å². The number of rotatable bonds is 6. The number of nitrogens with one attached hydrogen (secondary N) is 1. The number of carbonyl (C=O) groups is 4. The Bertz CT molecular complexity index is 2140. The molecule has 1 saturated carbocycles. The van der Waals surface area contributed by atoms with Gasteiger partial charge in [0.25, 0.3) is 11.8 Å². The molecule has 12 heteroatoms. The maximum absolute atomic E-state index is 15.3. The minimum Gasteiger partial charge on any atom is -0.505 e. The number of benzene rings is 4. The molecule has 8 rings (SSSR count). The number of carbonyl (C=O) groups excluding carboxylic acids is 4. The summed E-state index contributed by atoms with van der Waals surface area (Å²) in [5.41, 5.74) is 4.76. The second-order valence-electron chi connectivity index (χ2n) is 13.8. The minimum absolute atomic E-state index is 0.0534. The Morgan fingerprint density at radius 1 is 0.843 bits per heavy atom. The topological polar surface area (TPSA) is 147 Å². The number of halogens is 1. The molecule has 0 spiro atoms. The van der Waals surface area contributed by atoms with Gasteiger partial charge in [0.05, 0.1) is 34.5 Å². The highest BCUT2D eigenvalue weighted by atomic mass is 19.1. The Balaban J connectivity index is 1.30. The van der Waals surface area contributed by atoms with Crippen molar-refractivity contribution in [2.75, 3.05) is 10.3 Å². The number of phenols is 1. The van der Waals surface area contributed by atoms with Crippen LogP contribution in [0.5, 0.6) is 5.75 Å². The van der Waals surface area contributed by atoms with E-state index in [2.05, 4.69) is 5.43 Å². The lowest BCUT2D eigenvalue weighted by Crippen LogP contribution is -2.53. The zero-order valence-corrected chi connectivity index (χ0v) is 27.4. The summed E-state index contributed by atoms with van der Waals surface area (Å²) in [4.78, 5) is 59.3. The van der Waals surface area contributed by atoms with Crippen molar-refractivity contribution >= 4 is 47.6 Å². The number of hydrazine groups is 1. The van der Waals surface area contributed by atoms with E-state index in [1.807, 2.05) is 25.1 Å². The summed E-state index contributed by atoms with van der Waals surface area (Å²) >= 11 is 0. The van der Waals surface area contributed by atoms with Crippen LogP contribution in [0.2, 0.25) is 0 Å². The number of allylic oxidation sites excluding steroid dienone is 2. The molecule has 3 fully saturated rings. The van der Waals surface area contributed by atoms with Crippen LogP contribution < -0.4 is 15.8 Å². The third-order valence-corrected chi connectivity index (χ3v) is 11.1. The molecule has 2 saturated heterocycles. The van der Waals surface area contributed by atoms with Gasteiger partial charge in [-0.25, -0.2) is 4.39 Å². The lowest BCUT2D eigenvalue weighted by Gasteiger charge is -2.50. The number of aryl methyl sites for hydroxylation is 1. The molecule has 4 N–H and O–H groups in total. The largest absolute Gasteiger partial charge is 0.505 e. The number of nitrogens with zero attached hydrogens (tertiary/aromatic N) is 2. The van der Waals surface area contributed by atoms with Gasteiger partial charge in [-0.1, -0.05) is 77.9 Å². The lowest BCUT2D eigenvalue weighted by molar-refractivity contribution is -0.138. The number of anilines is 2. The van der Waals surface area contributed by atoms with Gasteiger partial charge in [-0.2, -0.15) is 5.01 Å². The van der Waals surface area contributed by atoms with Crippen LogP contribution in [-0.2, 0) is 24.6 Å². The molecule has 0 bridgehead atoms. The molecule has 2 aliphatic carbocycles. The Morgan fingerprint density at radius 2 is 1.59 bits per heavy atom. The van der Waals surface area contributed by atoms with E-state index in [1.165, 1.54) is 36.4 Å². The van der Waals surface area contributed by atoms with Crippen molar-refractivity contribution in [1.82, 2.24) is 5.01 Å². The quantitative estimate of drug-likeness (QED) is 0.137. The van der Waals surface area contributed by atoms with Crippen molar-refractivity contribution in [2.24, 2.45) is 23.7 Å². The number of fused-ring (bicyclic) bond motifs is 4. The van der Waals surface area contributed by atoms with Crippen LogP contribution in [0.15, 0.2) is 109 Å². The summed E-state index contributed by atoms with van der Waals surface area (Å²) in [7, 11) is -1.81. The summed E-state index contributed by atoms with van der Waals surface area (Å²) in [5, 5.41) is 30.8. The van der Waals surface area contributed by atoms with E-state index in [-0.39, 0.29) is 24.0 Å². The predicted molar refractivity (Wildman–Crippen MR) is 186 cm³/mol. The monoisotopic (exact) mass is 685 g/mol. The number of phenolic OH excluding ortho intramolecular Hbond substituents is 1. The van der Waals surface area contributed by atoms with Crippen molar-refractivity contribution < 1.29 is 38.7 Å². The van der Waals surface area contributed by atoms with E-state index >= 15 is 9.18 Å². The molecule has 6 atom stereocenters. The number of amides is 4. The first-order valence-electron chi connectivity index (χ1n) is 16.8. The zero-order chi connectivity index (χ0) is 35.8. The van der Waals surface area contributed by atoms with Gasteiger partial charge in [-0.05, 0) is 78.7 Å². The van der Waals surface area contributed by atoms with Crippen LogP contribution in [0, 0.1) is 36.4 Å². The van der Waals surface area contributed by atoms with Gasteiger partial charge in [0.1, 0.15) is 0 Å². The molecule has 0 unspecified atom stereocenters. The van der Waals surface area contributed by atoms with E-state index in [1.54, 1.807) is 48.5 Å². The number of aromatic hydroxyl groups is 1. The Morgan fingerprint density at radius 3 is 2.29 bits per heavy atom. The van der Waals surface area contributed by atoms with E-state index in [4.69, 9.17) is 0 Å². The normalized spacial score (nSPS) is 26.8. The lowest BCUT2D eigenvalue weighted by atomic mass is 9.49. The van der Waals surface area contributed by atoms with E-state index in [0.717, 1.165) is 15.5 Å². The van der Waals surface area contributed by atoms with Gasteiger partial charge in [-0.3, -0.25) is 29.5 Å². The van der Waals surface area contributed by atoms with E-state index in [0.29, 0.717) is 22.4 Å². The number of imide groups is 2. The van der Waals surface area contributed by atoms with Crippen molar-refractivity contribution in [3.8, 4) is 5.75 Å². The second-order valence-corrected chi connectivity index (χ2v) is 13.8. The molecular weight excluding hydrogens is 652 g/mol. The maximum atomic E-state index is 15.3. The third kappa shape index (κ3) is 4.85. The third-order valence-electron chi connectivity index (χ3n) is 11.1. The van der Waals surface area contributed by atoms with Crippen molar-refractivity contribution in [3.63, 3.8) is 0 Å². The highest BCUT2D eigenvalue weighted by molar-refractivity contribution is 6.58. The Hall–Kier alpha value is -5.59. The van der Waals surface area contributed by atoms with Crippen LogP contribution in [0.25, 0.3) is 0 Å². The van der Waals surface area contributed by atoms with Crippen molar-refractivity contribution in [1.29, 1.82) is 0 Å². The van der Waals surface area contributed by atoms with Crippen molar-refractivity contribution in [2.45, 2.75) is 31.1 Å². The first-order valence-corrected chi connectivity index (χ1v) is 16.8. The SMILES string of the molecule is Cc1ccc(NN2C(=O)[C@@H]3C[C@@H]4C(=CC[C@@H]5C(=O)N(c6cccc(B(O)O)c6)C(=O)[C@@H]54)[C@H](c4ccc(O)c(F)c4)[C@]3(c3ccccc3)C2=O)cc1. The van der Waals surface area contributed by atoms with Gasteiger partial charge in [0, 0.05) is 5.92 Å². The standard InChI is InChI=1S/C39H33BFN3O7/c1-21-10-13-25(14-11-21)42-44-36(47)30-20-29-27(15-16-28-33(29)37(48)43(35(28)46)26-9-5-8-24(19-26)40(50)51)34(22-12-17-32(45)31(41)18-22)39(30,38(44)49)23-6-3-2-4-7-23/h2-15,17-19,28-30,33-34,42,45,50-51H,16,20H2,1H3/t28-,29+,30-,33-,34-,39+/m0/s1. The second kappa shape index (κ2) is 12.0. The smallest absolute Gasteiger partial charge is 0.488 e. The number of hydrogen-bond acceptors (Lipinski definition) is 8. The summed E-state index contributed by atoms with van der Waals surface area (Å²) in [6.07, 6.45) is 2.07. The van der Waals surface area contributed by atoms with Crippen LogP contribution in [0.1, 0.15) is 35.4 Å². The number of hydrogen-bond donors (Lipinski definition) is 4. The molecule has 10 nitrogen and oxygen atoms in total. The molecule has 0 radical (unpaired) electrons. The molecule has 51 heavy (non-hydrogen) atoms. The summed E-state index contributed by atoms with van der Waals surface area (Å²) < 4.78 is 15.3. The first-order chi connectivity index (χ1) is 24.5. The van der Waals surface area contributed by atoms with Gasteiger partial charge in [0.2, 0.25) is 11.8 Å². The molecule has 2 heterocycles. The maximum Gasteiger partial charge on any atom is 0.488 e. The minimum atomic E-state index is -1.81. The molecule has 4 amide bonds. The van der Waals surface area contributed by atoms with Crippen LogP contribution >= 0.6 is 0 Å². The van der Waals surface area contributed by atoms with Crippen LogP contribution in [-0.4, -0.2) is 50.9 Å². The Kier molecular flexibility index (Phi) is 7.69. The predicted octanol–water partition coefficient (Wildman–Crippen LogP) is 3.71. The van der Waals surface area contributed by atoms with Gasteiger partial charge < -0.3 is 15.2 Å². The molecular formula is C39H33BFN3O7. The fraction of sp³-hybridized carbons (Fsp3) is 0.231. The summed E-state index contributed by atoms with van der Waals surface area (Å²) in [5.74, 6) is -7.84. The molecule has 0 aromatic heterocycles. The van der Waals surface area contributed by atoms with Gasteiger partial charge in [-0.15, -0.1) is 0 Å². The fourth-order valence-electron chi connectivity index (χ4n) is 8.90. The molecule has 2 aliphatic heterocycles. The fourth-order valence-corrected chi connectivity index (χ4v) is 8.90. The molecule has 4 aromatic carbocycles. The summed E-state index contributed by atoms with van der Waals surface area (Å²) in [6, 6.07) is 26.0. The van der Waals surface area contributed by atoms with Crippen molar-refractivity contribution in [3.05, 3.63) is 131 Å². The molecule has 256 valence electrons. The van der Waals surface area contributed by atoms with Crippen LogP contribution in [0.3, 0.4) is 0 Å². The van der Waals surface area contributed by atoms with Gasteiger partial charge >= 0.3 is 7.12 Å². The van der Waals surface area contributed by atoms with Gasteiger partial charge in [0.15, 0.2) is 11.6 Å². The molecule has 4 aliphatic rings. The average Bonchev–Trinajstić information content (AvgIpc) is 3.51. The first kappa shape index (κ1) is 32.6. The highest BCUT2D eigenvalue weighted by Gasteiger charge is 2.70. The highest BCUT2D eigenvalue weighted by Crippen LogP contribution is 2.64. The van der Waals surface area contributed by atoms with E-state index in [9.17, 15) is 29.5 Å². The molecule has 4 aromatic rings. The van der Waals surface area contributed by atoms with Crippen LogP contribution in [0.4, 0.5) is 15.8 Å². The summed E-state index contributed by atoms with van der Waals surface area (Å²) in [6.45, 7) is 1.92.